The largest absolute Gasteiger partial charge is 0.336 e. The molecule has 0 radical (unpaired) electrons. The van der Waals surface area contributed by atoms with Crippen molar-refractivity contribution in [3.05, 3.63) is 75.4 Å². The minimum absolute atomic E-state index is 0.191. The van der Waals surface area contributed by atoms with E-state index in [1.54, 1.807) is 22.8 Å². The third kappa shape index (κ3) is 2.28. The van der Waals surface area contributed by atoms with E-state index in [1.165, 1.54) is 4.57 Å². The molecule has 106 valence electrons. The van der Waals surface area contributed by atoms with Crippen molar-refractivity contribution >= 4 is 22.5 Å². The second kappa shape index (κ2) is 5.58. The molecule has 0 spiro atoms. The van der Waals surface area contributed by atoms with E-state index in [0.29, 0.717) is 10.9 Å². The van der Waals surface area contributed by atoms with E-state index in [4.69, 9.17) is 11.6 Å². The summed E-state index contributed by atoms with van der Waals surface area (Å²) in [5, 5.41) is 0.506. The first-order chi connectivity index (χ1) is 10.2. The Morgan fingerprint density at radius 1 is 0.905 bits per heavy atom. The van der Waals surface area contributed by atoms with Crippen molar-refractivity contribution < 1.29 is 0 Å². The number of hydrogen-bond acceptors (Lipinski definition) is 2. The fraction of sp³-hybridized carbons (Fsp3) is 0.125. The number of rotatable bonds is 3. The summed E-state index contributed by atoms with van der Waals surface area (Å²) in [6, 6.07) is 16.4. The van der Waals surface area contributed by atoms with Gasteiger partial charge < -0.3 is 0 Å². The summed E-state index contributed by atoms with van der Waals surface area (Å²) >= 11 is 5.72. The highest BCUT2D eigenvalue weighted by atomic mass is 35.5. The van der Waals surface area contributed by atoms with Crippen molar-refractivity contribution in [3.63, 3.8) is 0 Å². The fourth-order valence-electron chi connectivity index (χ4n) is 2.41. The van der Waals surface area contributed by atoms with E-state index < -0.39 is 0 Å². The molecule has 4 nitrogen and oxygen atoms in total. The lowest BCUT2D eigenvalue weighted by molar-refractivity contribution is 0.665. The first kappa shape index (κ1) is 13.6. The van der Waals surface area contributed by atoms with Crippen LogP contribution in [-0.2, 0) is 6.54 Å². The predicted molar refractivity (Wildman–Crippen MR) is 84.5 cm³/mol. The molecule has 1 heterocycles. The maximum absolute atomic E-state index is 12.7. The Morgan fingerprint density at radius 2 is 1.57 bits per heavy atom. The second-order valence-electron chi connectivity index (χ2n) is 4.62. The van der Waals surface area contributed by atoms with E-state index in [2.05, 4.69) is 0 Å². The average molecular weight is 301 g/mol. The first-order valence-electron chi connectivity index (χ1n) is 6.60. The van der Waals surface area contributed by atoms with Crippen molar-refractivity contribution in [3.8, 4) is 5.69 Å². The number of benzene rings is 2. The average Bonchev–Trinajstić information content (AvgIpc) is 2.53. The lowest BCUT2D eigenvalue weighted by Gasteiger charge is -2.13. The first-order valence-corrected chi connectivity index (χ1v) is 7.13. The number of para-hydroxylation sites is 2. The minimum atomic E-state index is -0.370. The summed E-state index contributed by atoms with van der Waals surface area (Å²) in [6.07, 6.45) is 0. The van der Waals surface area contributed by atoms with Gasteiger partial charge in [-0.1, -0.05) is 30.3 Å². The molecule has 0 N–H and O–H groups in total. The van der Waals surface area contributed by atoms with E-state index >= 15 is 0 Å². The zero-order chi connectivity index (χ0) is 14.8. The van der Waals surface area contributed by atoms with Crippen molar-refractivity contribution in [1.82, 2.24) is 9.13 Å². The zero-order valence-corrected chi connectivity index (χ0v) is 12.0. The Balaban J connectivity index is 2.48. The molecular weight excluding hydrogens is 288 g/mol. The van der Waals surface area contributed by atoms with Crippen LogP contribution in [0.25, 0.3) is 16.6 Å². The van der Waals surface area contributed by atoms with E-state index in [0.717, 1.165) is 5.69 Å². The molecule has 2 aromatic carbocycles. The van der Waals surface area contributed by atoms with Gasteiger partial charge in [0, 0.05) is 12.4 Å². The molecule has 0 saturated carbocycles. The number of alkyl halides is 1. The molecule has 0 aliphatic carbocycles. The Bertz CT molecular complexity index is 898. The molecule has 0 fully saturated rings. The van der Waals surface area contributed by atoms with Crippen molar-refractivity contribution in [1.29, 1.82) is 0 Å². The minimum Gasteiger partial charge on any atom is -0.268 e. The lowest BCUT2D eigenvalue weighted by Crippen LogP contribution is -2.39. The molecule has 0 aliphatic rings. The second-order valence-corrected chi connectivity index (χ2v) is 4.99. The molecule has 3 rings (SSSR count). The van der Waals surface area contributed by atoms with Gasteiger partial charge in [0.05, 0.1) is 16.6 Å². The molecule has 0 aliphatic heterocycles. The summed E-state index contributed by atoms with van der Waals surface area (Å²) in [4.78, 5) is 25.1. The quantitative estimate of drug-likeness (QED) is 0.697. The van der Waals surface area contributed by atoms with Crippen LogP contribution in [-0.4, -0.2) is 15.0 Å². The molecular formula is C16H13ClN2O2. The zero-order valence-electron chi connectivity index (χ0n) is 11.2. The third-order valence-electron chi connectivity index (χ3n) is 3.37. The van der Waals surface area contributed by atoms with Crippen LogP contribution in [0.3, 0.4) is 0 Å². The summed E-state index contributed by atoms with van der Waals surface area (Å²) in [7, 11) is 0. The number of hydrogen-bond donors (Lipinski definition) is 0. The van der Waals surface area contributed by atoms with E-state index in [-0.39, 0.29) is 23.7 Å². The molecule has 21 heavy (non-hydrogen) atoms. The Morgan fingerprint density at radius 3 is 2.29 bits per heavy atom. The summed E-state index contributed by atoms with van der Waals surface area (Å²) < 4.78 is 2.73. The van der Waals surface area contributed by atoms with Gasteiger partial charge in [0.25, 0.3) is 5.56 Å². The fourth-order valence-corrected chi connectivity index (χ4v) is 2.58. The molecule has 0 bridgehead atoms. The summed E-state index contributed by atoms with van der Waals surface area (Å²) in [5.74, 6) is 0.211. The molecule has 5 heteroatoms. The smallest absolute Gasteiger partial charge is 0.268 e. The summed E-state index contributed by atoms with van der Waals surface area (Å²) in [6.45, 7) is 0.191. The molecule has 0 amide bonds. The van der Waals surface area contributed by atoms with Gasteiger partial charge in [-0.05, 0) is 24.3 Å². The molecule has 3 aromatic rings. The van der Waals surface area contributed by atoms with Crippen LogP contribution in [0, 0.1) is 0 Å². The predicted octanol–water partition coefficient (Wildman–Crippen LogP) is 2.39. The SMILES string of the molecule is O=c1c2ccccc2n(-c2ccccc2)c(=O)n1CCCl. The highest BCUT2D eigenvalue weighted by Gasteiger charge is 2.13. The maximum Gasteiger partial charge on any atom is 0.336 e. The van der Waals surface area contributed by atoms with Gasteiger partial charge in [-0.3, -0.25) is 13.9 Å². The molecule has 0 saturated heterocycles. The highest BCUT2D eigenvalue weighted by molar-refractivity contribution is 6.17. The van der Waals surface area contributed by atoms with Gasteiger partial charge in [-0.2, -0.15) is 0 Å². The van der Waals surface area contributed by atoms with Crippen LogP contribution in [0.1, 0.15) is 0 Å². The molecule has 0 unspecified atom stereocenters. The van der Waals surface area contributed by atoms with Crippen molar-refractivity contribution in [2.75, 3.05) is 5.88 Å². The van der Waals surface area contributed by atoms with Crippen LogP contribution in [0.15, 0.2) is 64.2 Å². The van der Waals surface area contributed by atoms with Crippen LogP contribution in [0.4, 0.5) is 0 Å². The maximum atomic E-state index is 12.7. The number of nitrogens with zero attached hydrogens (tertiary/aromatic N) is 2. The van der Waals surface area contributed by atoms with Crippen molar-refractivity contribution in [2.24, 2.45) is 0 Å². The van der Waals surface area contributed by atoms with Gasteiger partial charge in [0.1, 0.15) is 0 Å². The number of halogens is 1. The van der Waals surface area contributed by atoms with Crippen molar-refractivity contribution in [2.45, 2.75) is 6.54 Å². The third-order valence-corrected chi connectivity index (χ3v) is 3.53. The Kier molecular flexibility index (Phi) is 3.62. The van der Waals surface area contributed by atoms with Crippen LogP contribution < -0.4 is 11.2 Å². The molecule has 1 aromatic heterocycles. The monoisotopic (exact) mass is 300 g/mol. The highest BCUT2D eigenvalue weighted by Crippen LogP contribution is 2.13. The van der Waals surface area contributed by atoms with Gasteiger partial charge >= 0.3 is 5.69 Å². The van der Waals surface area contributed by atoms with Gasteiger partial charge in [0.2, 0.25) is 0 Å². The summed E-state index contributed by atoms with van der Waals surface area (Å²) in [5.41, 5.74) is 0.653. The Labute approximate surface area is 125 Å². The van der Waals surface area contributed by atoms with Gasteiger partial charge in [0.15, 0.2) is 0 Å². The normalized spacial score (nSPS) is 10.9. The lowest BCUT2D eigenvalue weighted by atomic mass is 10.2. The number of fused-ring (bicyclic) bond motifs is 1. The van der Waals surface area contributed by atoms with Crippen LogP contribution >= 0.6 is 11.6 Å². The van der Waals surface area contributed by atoms with Crippen LogP contribution in [0.5, 0.6) is 0 Å². The van der Waals surface area contributed by atoms with E-state index in [1.807, 2.05) is 36.4 Å². The van der Waals surface area contributed by atoms with Crippen LogP contribution in [0.2, 0.25) is 0 Å². The van der Waals surface area contributed by atoms with Gasteiger partial charge in [-0.25, -0.2) is 4.79 Å². The standard InChI is InChI=1S/C16H13ClN2O2/c17-10-11-18-15(20)13-8-4-5-9-14(13)19(16(18)21)12-6-2-1-3-7-12/h1-9H,10-11H2. The molecule has 0 atom stereocenters. The Hall–Kier alpha value is -2.33. The topological polar surface area (TPSA) is 44.0 Å². The van der Waals surface area contributed by atoms with Gasteiger partial charge in [-0.15, -0.1) is 11.6 Å². The van der Waals surface area contributed by atoms with E-state index in [9.17, 15) is 9.59 Å². The number of aromatic nitrogens is 2.